The minimum atomic E-state index is -0.215. The molecule has 1 amide bonds. The highest BCUT2D eigenvalue weighted by molar-refractivity contribution is 5.81. The van der Waals surface area contributed by atoms with Gasteiger partial charge in [0.15, 0.2) is 0 Å². The number of benzene rings is 2. The van der Waals surface area contributed by atoms with Crippen LogP contribution >= 0.6 is 0 Å². The van der Waals surface area contributed by atoms with E-state index in [1.54, 1.807) is 12.3 Å². The van der Waals surface area contributed by atoms with Crippen molar-refractivity contribution in [2.24, 2.45) is 0 Å². The Balaban J connectivity index is 1.39. The molecule has 2 heterocycles. The van der Waals surface area contributed by atoms with Gasteiger partial charge in [-0.3, -0.25) is 14.5 Å². The molecule has 2 aromatic carbocycles. The first-order valence-corrected chi connectivity index (χ1v) is 10.1. The van der Waals surface area contributed by atoms with Crippen molar-refractivity contribution in [1.82, 2.24) is 19.6 Å². The zero-order valence-corrected chi connectivity index (χ0v) is 16.8. The Labute approximate surface area is 170 Å². The Morgan fingerprint density at radius 3 is 2.62 bits per heavy atom. The topological polar surface area (TPSA) is 58.4 Å². The standard InChI is InChI=1S/C23H26N4O2/c1-18-7-9-19(10-8-18)16-25-11-4-12-26(14-13-25)22(28)17-27-23(29)21-6-3-2-5-20(21)15-24-27/h2-3,5-10,15H,4,11-14,16-17H2,1H3. The van der Waals surface area contributed by atoms with Gasteiger partial charge in [-0.25, -0.2) is 4.68 Å². The lowest BCUT2D eigenvalue weighted by atomic mass is 10.1. The molecule has 0 bridgehead atoms. The predicted octanol–water partition coefficient (Wildman–Crippen LogP) is 2.44. The minimum Gasteiger partial charge on any atom is -0.340 e. The van der Waals surface area contributed by atoms with Gasteiger partial charge in [0.05, 0.1) is 11.6 Å². The van der Waals surface area contributed by atoms with Gasteiger partial charge in [0.1, 0.15) is 6.54 Å². The molecule has 1 saturated heterocycles. The third-order valence-corrected chi connectivity index (χ3v) is 5.51. The summed E-state index contributed by atoms with van der Waals surface area (Å²) in [4.78, 5) is 29.7. The van der Waals surface area contributed by atoms with Crippen LogP contribution in [-0.4, -0.2) is 51.7 Å². The zero-order valence-electron chi connectivity index (χ0n) is 16.8. The SMILES string of the molecule is Cc1ccc(CN2CCCN(C(=O)Cn3ncc4ccccc4c3=O)CC2)cc1. The van der Waals surface area contributed by atoms with E-state index in [2.05, 4.69) is 41.2 Å². The van der Waals surface area contributed by atoms with E-state index in [9.17, 15) is 9.59 Å². The molecule has 0 N–H and O–H groups in total. The molecule has 0 atom stereocenters. The maximum atomic E-state index is 12.8. The first-order valence-electron chi connectivity index (χ1n) is 10.1. The van der Waals surface area contributed by atoms with Gasteiger partial charge in [-0.15, -0.1) is 0 Å². The second kappa shape index (κ2) is 8.57. The molecule has 0 spiro atoms. The normalized spacial score (nSPS) is 15.4. The quantitative estimate of drug-likeness (QED) is 0.687. The van der Waals surface area contributed by atoms with E-state index >= 15 is 0 Å². The summed E-state index contributed by atoms with van der Waals surface area (Å²) < 4.78 is 1.28. The van der Waals surface area contributed by atoms with Crippen LogP contribution in [0.1, 0.15) is 17.5 Å². The molecule has 1 aromatic heterocycles. The van der Waals surface area contributed by atoms with Gasteiger partial charge in [0.2, 0.25) is 5.91 Å². The number of hydrogen-bond donors (Lipinski definition) is 0. The van der Waals surface area contributed by atoms with Crippen molar-refractivity contribution < 1.29 is 4.79 Å². The van der Waals surface area contributed by atoms with Crippen LogP contribution < -0.4 is 5.56 Å². The van der Waals surface area contributed by atoms with Crippen molar-refractivity contribution in [3.63, 3.8) is 0 Å². The average Bonchev–Trinajstić information content (AvgIpc) is 2.98. The number of fused-ring (bicyclic) bond motifs is 1. The van der Waals surface area contributed by atoms with Crippen LogP contribution in [0.2, 0.25) is 0 Å². The van der Waals surface area contributed by atoms with Crippen molar-refractivity contribution in [3.8, 4) is 0 Å². The molecule has 29 heavy (non-hydrogen) atoms. The molecule has 0 saturated carbocycles. The molecule has 6 heteroatoms. The molecule has 6 nitrogen and oxygen atoms in total. The molecule has 1 aliphatic rings. The van der Waals surface area contributed by atoms with Crippen LogP contribution in [0.5, 0.6) is 0 Å². The van der Waals surface area contributed by atoms with Crippen molar-refractivity contribution in [3.05, 3.63) is 76.2 Å². The maximum Gasteiger partial charge on any atom is 0.275 e. The smallest absolute Gasteiger partial charge is 0.275 e. The zero-order chi connectivity index (χ0) is 20.2. The number of carbonyl (C=O) groups excluding carboxylic acids is 1. The van der Waals surface area contributed by atoms with E-state index in [0.29, 0.717) is 18.5 Å². The summed E-state index contributed by atoms with van der Waals surface area (Å²) in [5, 5.41) is 5.58. The van der Waals surface area contributed by atoms with Gasteiger partial charge in [-0.1, -0.05) is 48.0 Å². The fourth-order valence-corrected chi connectivity index (χ4v) is 3.80. The molecule has 4 rings (SSSR count). The first-order chi connectivity index (χ1) is 14.1. The fraction of sp³-hybridized carbons (Fsp3) is 0.348. The average molecular weight is 390 g/mol. The van der Waals surface area contributed by atoms with Crippen molar-refractivity contribution in [2.45, 2.75) is 26.4 Å². The van der Waals surface area contributed by atoms with E-state index < -0.39 is 0 Å². The Bertz CT molecular complexity index is 1060. The largest absolute Gasteiger partial charge is 0.340 e. The summed E-state index contributed by atoms with van der Waals surface area (Å²) in [6, 6.07) is 15.9. The second-order valence-corrected chi connectivity index (χ2v) is 7.69. The van der Waals surface area contributed by atoms with Crippen LogP contribution in [0.15, 0.2) is 59.5 Å². The third-order valence-electron chi connectivity index (χ3n) is 5.51. The molecular formula is C23H26N4O2. The number of amides is 1. The predicted molar refractivity (Wildman–Crippen MR) is 114 cm³/mol. The Morgan fingerprint density at radius 2 is 1.79 bits per heavy atom. The number of carbonyl (C=O) groups is 1. The van der Waals surface area contributed by atoms with Crippen molar-refractivity contribution >= 4 is 16.7 Å². The Kier molecular flexibility index (Phi) is 5.71. The molecule has 1 fully saturated rings. The van der Waals surface area contributed by atoms with Crippen LogP contribution in [0, 0.1) is 6.92 Å². The third kappa shape index (κ3) is 4.54. The molecule has 150 valence electrons. The maximum absolute atomic E-state index is 12.8. The van der Waals surface area contributed by atoms with Gasteiger partial charge >= 0.3 is 0 Å². The number of rotatable bonds is 4. The van der Waals surface area contributed by atoms with Gasteiger partial charge in [-0.2, -0.15) is 5.10 Å². The van der Waals surface area contributed by atoms with Crippen LogP contribution in [0.3, 0.4) is 0 Å². The summed E-state index contributed by atoms with van der Waals surface area (Å²) in [5.41, 5.74) is 2.34. The monoisotopic (exact) mass is 390 g/mol. The Morgan fingerprint density at radius 1 is 1.00 bits per heavy atom. The molecular weight excluding hydrogens is 364 g/mol. The van der Waals surface area contributed by atoms with E-state index in [0.717, 1.165) is 31.4 Å². The number of aromatic nitrogens is 2. The van der Waals surface area contributed by atoms with E-state index in [4.69, 9.17) is 0 Å². The van der Waals surface area contributed by atoms with Gasteiger partial charge in [0.25, 0.3) is 5.56 Å². The van der Waals surface area contributed by atoms with Crippen LogP contribution in [0.4, 0.5) is 0 Å². The molecule has 0 radical (unpaired) electrons. The molecule has 1 aliphatic heterocycles. The van der Waals surface area contributed by atoms with Crippen molar-refractivity contribution in [1.29, 1.82) is 0 Å². The summed E-state index contributed by atoms with van der Waals surface area (Å²) in [6.45, 7) is 6.16. The lowest BCUT2D eigenvalue weighted by Crippen LogP contribution is -2.39. The number of aryl methyl sites for hydroxylation is 1. The van der Waals surface area contributed by atoms with Crippen molar-refractivity contribution in [2.75, 3.05) is 26.2 Å². The minimum absolute atomic E-state index is 0.0123. The molecule has 3 aromatic rings. The van der Waals surface area contributed by atoms with Crippen LogP contribution in [0.25, 0.3) is 10.8 Å². The summed E-state index contributed by atoms with van der Waals surface area (Å²) in [7, 11) is 0. The summed E-state index contributed by atoms with van der Waals surface area (Å²) in [6.07, 6.45) is 2.58. The van der Waals surface area contributed by atoms with E-state index in [1.165, 1.54) is 15.8 Å². The highest BCUT2D eigenvalue weighted by atomic mass is 16.2. The fourth-order valence-electron chi connectivity index (χ4n) is 3.80. The molecule has 0 aliphatic carbocycles. The van der Waals surface area contributed by atoms with Gasteiger partial charge in [0, 0.05) is 38.1 Å². The summed E-state index contributed by atoms with van der Waals surface area (Å²) >= 11 is 0. The first kappa shape index (κ1) is 19.3. The van der Waals surface area contributed by atoms with Crippen LogP contribution in [-0.2, 0) is 17.9 Å². The highest BCUT2D eigenvalue weighted by Crippen LogP contribution is 2.11. The van der Waals surface area contributed by atoms with E-state index in [-0.39, 0.29) is 18.0 Å². The van der Waals surface area contributed by atoms with Gasteiger partial charge in [-0.05, 0) is 25.0 Å². The van der Waals surface area contributed by atoms with Gasteiger partial charge < -0.3 is 4.90 Å². The lowest BCUT2D eigenvalue weighted by molar-refractivity contribution is -0.132. The Hall–Kier alpha value is -2.99. The number of hydrogen-bond acceptors (Lipinski definition) is 4. The highest BCUT2D eigenvalue weighted by Gasteiger charge is 2.20. The van der Waals surface area contributed by atoms with E-state index in [1.807, 2.05) is 23.1 Å². The lowest BCUT2D eigenvalue weighted by Gasteiger charge is -2.22. The second-order valence-electron chi connectivity index (χ2n) is 7.69. The number of nitrogens with zero attached hydrogens (tertiary/aromatic N) is 4. The summed E-state index contributed by atoms with van der Waals surface area (Å²) in [5.74, 6) is -0.0490. The molecule has 0 unspecified atom stereocenters.